The van der Waals surface area contributed by atoms with Crippen molar-refractivity contribution in [2.45, 2.75) is 38.1 Å². The van der Waals surface area contributed by atoms with Crippen LogP contribution < -0.4 is 0 Å². The molecule has 0 bridgehead atoms. The molecule has 1 saturated heterocycles. The first kappa shape index (κ1) is 14.8. The fourth-order valence-electron chi connectivity index (χ4n) is 2.82. The van der Waals surface area contributed by atoms with Crippen molar-refractivity contribution in [2.75, 3.05) is 19.7 Å². The Bertz CT molecular complexity index is 411. The molecule has 0 amide bonds. The highest BCUT2D eigenvalue weighted by Gasteiger charge is 2.21. The Labute approximate surface area is 119 Å². The van der Waals surface area contributed by atoms with Crippen LogP contribution in [0.25, 0.3) is 0 Å². The van der Waals surface area contributed by atoms with Crippen molar-refractivity contribution in [1.29, 1.82) is 0 Å². The zero-order valence-corrected chi connectivity index (χ0v) is 11.9. The SMILES string of the molecule is OCCC1CCCCN1CCc1ccc(F)cc1Cl. The average Bonchev–Trinajstić information content (AvgIpc) is 2.40. The number of nitrogens with zero attached hydrogens (tertiary/aromatic N) is 1. The molecule has 0 radical (unpaired) electrons. The van der Waals surface area contributed by atoms with Gasteiger partial charge in [-0.1, -0.05) is 24.1 Å². The van der Waals surface area contributed by atoms with Gasteiger partial charge in [-0.25, -0.2) is 4.39 Å². The molecule has 0 saturated carbocycles. The van der Waals surface area contributed by atoms with Gasteiger partial charge in [-0.3, -0.25) is 4.90 Å². The van der Waals surface area contributed by atoms with E-state index in [0.717, 1.165) is 37.9 Å². The van der Waals surface area contributed by atoms with Crippen LogP contribution in [0.5, 0.6) is 0 Å². The summed E-state index contributed by atoms with van der Waals surface area (Å²) in [6.07, 6.45) is 5.31. The fraction of sp³-hybridized carbons (Fsp3) is 0.600. The van der Waals surface area contributed by atoms with Crippen LogP contribution in [0.1, 0.15) is 31.2 Å². The molecule has 19 heavy (non-hydrogen) atoms. The van der Waals surface area contributed by atoms with Gasteiger partial charge in [0.25, 0.3) is 0 Å². The third-order valence-electron chi connectivity index (χ3n) is 3.89. The molecule has 0 aliphatic carbocycles. The van der Waals surface area contributed by atoms with Gasteiger partial charge >= 0.3 is 0 Å². The van der Waals surface area contributed by atoms with Crippen LogP contribution in [0.4, 0.5) is 4.39 Å². The van der Waals surface area contributed by atoms with Crippen LogP contribution in [0.15, 0.2) is 18.2 Å². The summed E-state index contributed by atoms with van der Waals surface area (Å²) in [5.74, 6) is -0.287. The van der Waals surface area contributed by atoms with Gasteiger partial charge in [0.15, 0.2) is 0 Å². The van der Waals surface area contributed by atoms with E-state index in [4.69, 9.17) is 16.7 Å². The van der Waals surface area contributed by atoms with E-state index in [1.165, 1.54) is 25.0 Å². The topological polar surface area (TPSA) is 23.5 Å². The predicted octanol–water partition coefficient (Wildman–Crippen LogP) is 3.26. The Morgan fingerprint density at radius 3 is 2.95 bits per heavy atom. The van der Waals surface area contributed by atoms with Crippen molar-refractivity contribution in [3.63, 3.8) is 0 Å². The van der Waals surface area contributed by atoms with Gasteiger partial charge in [-0.15, -0.1) is 0 Å². The van der Waals surface area contributed by atoms with E-state index < -0.39 is 0 Å². The van der Waals surface area contributed by atoms with Crippen LogP contribution in [0.3, 0.4) is 0 Å². The first-order valence-electron chi connectivity index (χ1n) is 6.99. The van der Waals surface area contributed by atoms with Crippen LogP contribution in [0, 0.1) is 5.82 Å². The smallest absolute Gasteiger partial charge is 0.124 e. The minimum absolute atomic E-state index is 0.248. The molecule has 1 aliphatic rings. The zero-order chi connectivity index (χ0) is 13.7. The molecule has 0 spiro atoms. The van der Waals surface area contributed by atoms with E-state index in [1.807, 2.05) is 0 Å². The summed E-state index contributed by atoms with van der Waals surface area (Å²) >= 11 is 6.05. The van der Waals surface area contributed by atoms with Gasteiger partial charge in [0.2, 0.25) is 0 Å². The van der Waals surface area contributed by atoms with Crippen molar-refractivity contribution in [3.8, 4) is 0 Å². The van der Waals surface area contributed by atoms with Gasteiger partial charge in [-0.2, -0.15) is 0 Å². The third-order valence-corrected chi connectivity index (χ3v) is 4.25. The summed E-state index contributed by atoms with van der Waals surface area (Å²) < 4.78 is 13.0. The second kappa shape index (κ2) is 7.22. The van der Waals surface area contributed by atoms with Crippen molar-refractivity contribution in [1.82, 2.24) is 4.90 Å². The molecule has 1 unspecified atom stereocenters. The van der Waals surface area contributed by atoms with Gasteiger partial charge in [-0.05, 0) is 49.9 Å². The summed E-state index contributed by atoms with van der Waals surface area (Å²) in [6, 6.07) is 5.09. The number of halogens is 2. The van der Waals surface area contributed by atoms with E-state index in [2.05, 4.69) is 4.90 Å². The van der Waals surface area contributed by atoms with Gasteiger partial charge in [0, 0.05) is 24.2 Å². The number of rotatable bonds is 5. The Morgan fingerprint density at radius 2 is 2.21 bits per heavy atom. The summed E-state index contributed by atoms with van der Waals surface area (Å²) in [5.41, 5.74) is 0.997. The van der Waals surface area contributed by atoms with E-state index in [9.17, 15) is 4.39 Å². The maximum atomic E-state index is 13.0. The lowest BCUT2D eigenvalue weighted by molar-refractivity contribution is 0.120. The molecular formula is C15H21ClFNO. The number of hydrogen-bond donors (Lipinski definition) is 1. The van der Waals surface area contributed by atoms with E-state index in [1.54, 1.807) is 6.07 Å². The minimum atomic E-state index is -0.287. The summed E-state index contributed by atoms with van der Waals surface area (Å²) in [4.78, 5) is 2.43. The lowest BCUT2D eigenvalue weighted by Gasteiger charge is -2.35. The highest BCUT2D eigenvalue weighted by atomic mass is 35.5. The summed E-state index contributed by atoms with van der Waals surface area (Å²) in [7, 11) is 0. The number of benzene rings is 1. The Morgan fingerprint density at radius 1 is 1.37 bits per heavy atom. The monoisotopic (exact) mass is 285 g/mol. The van der Waals surface area contributed by atoms with E-state index in [-0.39, 0.29) is 12.4 Å². The Balaban J connectivity index is 1.92. The van der Waals surface area contributed by atoms with Crippen molar-refractivity contribution in [3.05, 3.63) is 34.6 Å². The van der Waals surface area contributed by atoms with Crippen molar-refractivity contribution >= 4 is 11.6 Å². The van der Waals surface area contributed by atoms with E-state index >= 15 is 0 Å². The van der Waals surface area contributed by atoms with Crippen LogP contribution in [-0.4, -0.2) is 35.7 Å². The molecule has 1 aromatic rings. The maximum Gasteiger partial charge on any atom is 0.124 e. The van der Waals surface area contributed by atoms with Crippen molar-refractivity contribution in [2.24, 2.45) is 0 Å². The number of hydrogen-bond acceptors (Lipinski definition) is 2. The van der Waals surface area contributed by atoms with Gasteiger partial charge in [0.05, 0.1) is 0 Å². The van der Waals surface area contributed by atoms with Crippen molar-refractivity contribution < 1.29 is 9.50 Å². The Kier molecular flexibility index (Phi) is 5.61. The lowest BCUT2D eigenvalue weighted by Crippen LogP contribution is -2.41. The van der Waals surface area contributed by atoms with E-state index in [0.29, 0.717) is 11.1 Å². The predicted molar refractivity (Wildman–Crippen MR) is 76.0 cm³/mol. The first-order valence-corrected chi connectivity index (χ1v) is 7.37. The molecule has 2 nitrogen and oxygen atoms in total. The molecule has 2 rings (SSSR count). The molecule has 1 aliphatic heterocycles. The number of piperidine rings is 1. The first-order chi connectivity index (χ1) is 9.20. The van der Waals surface area contributed by atoms with Crippen LogP contribution in [0.2, 0.25) is 5.02 Å². The van der Waals surface area contributed by atoms with Crippen LogP contribution >= 0.6 is 11.6 Å². The summed E-state index contributed by atoms with van der Waals surface area (Å²) in [5, 5.41) is 9.62. The van der Waals surface area contributed by atoms with Gasteiger partial charge in [0.1, 0.15) is 5.82 Å². The molecule has 4 heteroatoms. The number of likely N-dealkylation sites (tertiary alicyclic amines) is 1. The zero-order valence-electron chi connectivity index (χ0n) is 11.1. The molecule has 1 heterocycles. The fourth-order valence-corrected chi connectivity index (χ4v) is 3.08. The lowest BCUT2D eigenvalue weighted by atomic mass is 9.99. The second-order valence-electron chi connectivity index (χ2n) is 5.18. The molecule has 1 aromatic carbocycles. The number of aliphatic hydroxyl groups excluding tert-OH is 1. The third kappa shape index (κ3) is 4.16. The summed E-state index contributed by atoms with van der Waals surface area (Å²) in [6.45, 7) is 2.26. The Hall–Kier alpha value is -0.640. The standard InChI is InChI=1S/C15H21ClFNO/c16-15-11-13(17)5-4-12(15)6-9-18-8-2-1-3-14(18)7-10-19/h4-5,11,14,19H,1-3,6-10H2. The highest BCUT2D eigenvalue weighted by Crippen LogP contribution is 2.22. The molecular weight excluding hydrogens is 265 g/mol. The van der Waals surface area contributed by atoms with Gasteiger partial charge < -0.3 is 5.11 Å². The highest BCUT2D eigenvalue weighted by molar-refractivity contribution is 6.31. The number of aliphatic hydroxyl groups is 1. The average molecular weight is 286 g/mol. The molecule has 106 valence electrons. The molecule has 0 aromatic heterocycles. The normalized spacial score (nSPS) is 20.7. The van der Waals surface area contributed by atoms with Crippen LogP contribution in [-0.2, 0) is 6.42 Å². The molecule has 1 fully saturated rings. The second-order valence-corrected chi connectivity index (χ2v) is 5.59. The molecule has 1 atom stereocenters. The minimum Gasteiger partial charge on any atom is -0.396 e. The largest absolute Gasteiger partial charge is 0.396 e. The molecule has 1 N–H and O–H groups in total. The maximum absolute atomic E-state index is 13.0. The quantitative estimate of drug-likeness (QED) is 0.898.